The first-order valence-corrected chi connectivity index (χ1v) is 11.9. The molecule has 4 aromatic rings. The summed E-state index contributed by atoms with van der Waals surface area (Å²) in [6, 6.07) is 3.03. The summed E-state index contributed by atoms with van der Waals surface area (Å²) in [7, 11) is 1.43. The van der Waals surface area contributed by atoms with Crippen LogP contribution in [0.15, 0.2) is 24.5 Å². The van der Waals surface area contributed by atoms with E-state index < -0.39 is 18.7 Å². The molecule has 2 fully saturated rings. The second-order valence-corrected chi connectivity index (χ2v) is 9.21. The summed E-state index contributed by atoms with van der Waals surface area (Å²) in [5.41, 5.74) is 1.12. The molecule has 1 aromatic carbocycles. The number of H-pyrrole nitrogens is 1. The lowest BCUT2D eigenvalue weighted by Gasteiger charge is -2.20. The van der Waals surface area contributed by atoms with Crippen LogP contribution in [0.1, 0.15) is 12.2 Å². The van der Waals surface area contributed by atoms with Gasteiger partial charge < -0.3 is 29.8 Å². The summed E-state index contributed by atoms with van der Waals surface area (Å²) in [5, 5.41) is 13.7. The zero-order valence-corrected chi connectivity index (χ0v) is 20.2. The largest absolute Gasteiger partial charge is 0.422 e. The average molecular weight is 509 g/mol. The molecule has 0 aliphatic carbocycles. The molecule has 192 valence electrons. The topological polar surface area (TPSA) is 142 Å². The second-order valence-electron chi connectivity index (χ2n) is 9.21. The number of ether oxygens (including phenoxy) is 2. The fourth-order valence-electron chi connectivity index (χ4n) is 5.16. The minimum Gasteiger partial charge on any atom is -0.422 e. The molecule has 2 aliphatic heterocycles. The maximum absolute atomic E-state index is 14.9. The summed E-state index contributed by atoms with van der Waals surface area (Å²) in [5.74, 6) is 1.53. The van der Waals surface area contributed by atoms with Crippen molar-refractivity contribution in [1.29, 1.82) is 0 Å². The third-order valence-corrected chi connectivity index (χ3v) is 6.92. The Balaban J connectivity index is 1.52. The molecule has 2 saturated heterocycles. The van der Waals surface area contributed by atoms with Crippen molar-refractivity contribution in [2.75, 3.05) is 43.3 Å². The normalized spacial score (nSPS) is 19.0. The number of amides is 1. The molecule has 37 heavy (non-hydrogen) atoms. The number of aryl methyl sites for hydroxylation is 1. The molecular formula is C24H25FN8O4. The van der Waals surface area contributed by atoms with Crippen LogP contribution < -0.4 is 19.9 Å². The first-order valence-electron chi connectivity index (χ1n) is 11.9. The van der Waals surface area contributed by atoms with Gasteiger partial charge in [-0.2, -0.15) is 9.97 Å². The zero-order valence-electron chi connectivity index (χ0n) is 20.2. The van der Waals surface area contributed by atoms with Gasteiger partial charge in [-0.1, -0.05) is 0 Å². The number of aromatic nitrogens is 5. The summed E-state index contributed by atoms with van der Waals surface area (Å²) in [6.07, 6.45) is 3.32. The monoisotopic (exact) mass is 508 g/mol. The molecule has 13 heteroatoms. The number of nitrogens with one attached hydrogen (secondary N) is 2. The Morgan fingerprint density at radius 2 is 2.08 bits per heavy atom. The average Bonchev–Trinajstić information content (AvgIpc) is 3.58. The van der Waals surface area contributed by atoms with Crippen LogP contribution in [0, 0.1) is 18.7 Å². The first-order chi connectivity index (χ1) is 17.9. The van der Waals surface area contributed by atoms with Gasteiger partial charge in [-0.3, -0.25) is 4.90 Å². The standard InChI is InChI=1S/C24H25FN8O4/c1-12-27-7-15(8-28-12)37-23-30-21-19(22(31-23)33-9-13-3-4-26-17(13)10-33)16-5-14(25)6-18(20(16)29-21)32(2)24(35)36-11-34/h5-8,13,17,26,34H,3-4,9-11H2,1-2H3,(H,29,30,31)/t13-,17+/m1/s1. The van der Waals surface area contributed by atoms with Gasteiger partial charge in [0.25, 0.3) is 0 Å². The van der Waals surface area contributed by atoms with Crippen LogP contribution in [0.4, 0.5) is 20.7 Å². The quantitative estimate of drug-likeness (QED) is 0.344. The summed E-state index contributed by atoms with van der Waals surface area (Å²) >= 11 is 0. The van der Waals surface area contributed by atoms with E-state index in [0.29, 0.717) is 51.3 Å². The van der Waals surface area contributed by atoms with Gasteiger partial charge in [0.05, 0.1) is 29.0 Å². The number of anilines is 2. The summed E-state index contributed by atoms with van der Waals surface area (Å²) < 4.78 is 25.5. The van der Waals surface area contributed by atoms with E-state index in [4.69, 9.17) is 19.6 Å². The number of carbonyl (C=O) groups excluding carboxylic acids is 1. The number of hydrogen-bond acceptors (Lipinski definition) is 10. The van der Waals surface area contributed by atoms with Gasteiger partial charge in [-0.05, 0) is 37.9 Å². The number of halogens is 1. The van der Waals surface area contributed by atoms with Crippen molar-refractivity contribution >= 4 is 39.5 Å². The maximum atomic E-state index is 14.9. The van der Waals surface area contributed by atoms with Gasteiger partial charge in [0, 0.05) is 31.6 Å². The van der Waals surface area contributed by atoms with Crippen LogP contribution in [0.25, 0.3) is 21.9 Å². The Kier molecular flexibility index (Phi) is 5.72. The number of benzene rings is 1. The molecule has 0 radical (unpaired) electrons. The second kappa shape index (κ2) is 9.09. The van der Waals surface area contributed by atoms with E-state index >= 15 is 0 Å². The number of aromatic amines is 1. The van der Waals surface area contributed by atoms with Gasteiger partial charge >= 0.3 is 12.1 Å². The number of aliphatic hydroxyl groups is 1. The minimum atomic E-state index is -0.832. The molecule has 0 bridgehead atoms. The number of rotatable bonds is 5. The lowest BCUT2D eigenvalue weighted by atomic mass is 10.1. The fraction of sp³-hybridized carbons (Fsp3) is 0.375. The van der Waals surface area contributed by atoms with Crippen molar-refractivity contribution in [1.82, 2.24) is 30.2 Å². The third kappa shape index (κ3) is 4.15. The molecule has 0 saturated carbocycles. The highest BCUT2D eigenvalue weighted by Crippen LogP contribution is 2.40. The molecule has 0 unspecified atom stereocenters. The van der Waals surface area contributed by atoms with E-state index in [1.807, 2.05) is 0 Å². The predicted molar refractivity (Wildman–Crippen MR) is 132 cm³/mol. The van der Waals surface area contributed by atoms with E-state index in [1.54, 1.807) is 19.3 Å². The molecule has 5 heterocycles. The third-order valence-electron chi connectivity index (χ3n) is 6.92. The maximum Gasteiger partial charge on any atom is 0.416 e. The van der Waals surface area contributed by atoms with Crippen molar-refractivity contribution in [3.63, 3.8) is 0 Å². The van der Waals surface area contributed by atoms with Crippen LogP contribution in [0.5, 0.6) is 11.8 Å². The van der Waals surface area contributed by atoms with E-state index in [2.05, 4.69) is 30.2 Å². The number of fused-ring (bicyclic) bond motifs is 4. The number of carbonyl (C=O) groups is 1. The molecule has 12 nitrogen and oxygen atoms in total. The van der Waals surface area contributed by atoms with Gasteiger partial charge in [0.2, 0.25) is 0 Å². The van der Waals surface area contributed by atoms with Crippen molar-refractivity contribution in [3.8, 4) is 11.8 Å². The highest BCUT2D eigenvalue weighted by Gasteiger charge is 2.38. The van der Waals surface area contributed by atoms with Crippen LogP contribution in [-0.2, 0) is 4.74 Å². The van der Waals surface area contributed by atoms with Gasteiger partial charge in [0.1, 0.15) is 23.1 Å². The molecule has 0 spiro atoms. The number of nitrogens with zero attached hydrogens (tertiary/aromatic N) is 6. The van der Waals surface area contributed by atoms with Crippen LogP contribution in [0.3, 0.4) is 0 Å². The Bertz CT molecular complexity index is 1480. The molecule has 2 aliphatic rings. The zero-order chi connectivity index (χ0) is 25.7. The van der Waals surface area contributed by atoms with Crippen LogP contribution in [-0.4, -0.2) is 75.6 Å². The Morgan fingerprint density at radius 3 is 2.84 bits per heavy atom. The molecular weight excluding hydrogens is 483 g/mol. The highest BCUT2D eigenvalue weighted by atomic mass is 19.1. The SMILES string of the molecule is Cc1ncc(Oc2nc(N3C[C@H]4CCN[C@H]4C3)c3c(n2)[nH]c2c(N(C)C(=O)OCO)cc(F)cc23)cn1. The lowest BCUT2D eigenvalue weighted by molar-refractivity contribution is 0.0492. The molecule has 3 N–H and O–H groups in total. The van der Waals surface area contributed by atoms with Gasteiger partial charge in [-0.25, -0.2) is 19.2 Å². The van der Waals surface area contributed by atoms with Gasteiger partial charge in [-0.15, -0.1) is 0 Å². The first kappa shape index (κ1) is 23.3. The van der Waals surface area contributed by atoms with Crippen LogP contribution >= 0.6 is 0 Å². The lowest BCUT2D eigenvalue weighted by Crippen LogP contribution is -2.30. The Labute approximate surface area is 210 Å². The molecule has 1 amide bonds. The van der Waals surface area contributed by atoms with Gasteiger partial charge in [0.15, 0.2) is 12.5 Å². The van der Waals surface area contributed by atoms with Crippen molar-refractivity contribution in [2.24, 2.45) is 5.92 Å². The number of aliphatic hydroxyl groups excluding tert-OH is 1. The van der Waals surface area contributed by atoms with Crippen molar-refractivity contribution < 1.29 is 23.8 Å². The van der Waals surface area contributed by atoms with E-state index in [-0.39, 0.29) is 11.7 Å². The Morgan fingerprint density at radius 1 is 1.27 bits per heavy atom. The highest BCUT2D eigenvalue weighted by molar-refractivity contribution is 6.16. The summed E-state index contributed by atoms with van der Waals surface area (Å²) in [6.45, 7) is 3.49. The van der Waals surface area contributed by atoms with E-state index in [9.17, 15) is 9.18 Å². The fourth-order valence-corrected chi connectivity index (χ4v) is 5.16. The molecule has 3 aromatic heterocycles. The molecule has 2 atom stereocenters. The van der Waals surface area contributed by atoms with E-state index in [0.717, 1.165) is 31.0 Å². The predicted octanol–water partition coefficient (Wildman–Crippen LogP) is 2.46. The molecule has 6 rings (SSSR count). The van der Waals surface area contributed by atoms with Crippen molar-refractivity contribution in [2.45, 2.75) is 19.4 Å². The van der Waals surface area contributed by atoms with Crippen molar-refractivity contribution in [3.05, 3.63) is 36.2 Å². The summed E-state index contributed by atoms with van der Waals surface area (Å²) in [4.78, 5) is 36.4. The number of hydrogen-bond donors (Lipinski definition) is 3. The Hall–Kier alpha value is -4.10. The minimum absolute atomic E-state index is 0.0848. The van der Waals surface area contributed by atoms with Crippen LogP contribution in [0.2, 0.25) is 0 Å². The smallest absolute Gasteiger partial charge is 0.416 e. The van der Waals surface area contributed by atoms with E-state index in [1.165, 1.54) is 19.2 Å².